The highest BCUT2D eigenvalue weighted by atomic mass is 79.9. The van der Waals surface area contributed by atoms with Crippen LogP contribution in [0.3, 0.4) is 0 Å². The Morgan fingerprint density at radius 3 is 2.82 bits per heavy atom. The number of anilines is 1. The van der Waals surface area contributed by atoms with Crippen LogP contribution < -0.4 is 11.1 Å². The molecule has 17 heavy (non-hydrogen) atoms. The van der Waals surface area contributed by atoms with Gasteiger partial charge in [0.15, 0.2) is 0 Å². The fraction of sp³-hybridized carbons (Fsp3) is 0.364. The number of carbonyl (C=O) groups is 1. The molecule has 4 N–H and O–H groups in total. The minimum atomic E-state index is -0.423. The number of hydrogen-bond acceptors (Lipinski definition) is 4. The fourth-order valence-electron chi connectivity index (χ4n) is 1.35. The molecule has 1 unspecified atom stereocenters. The van der Waals surface area contributed by atoms with Crippen molar-refractivity contribution in [1.29, 1.82) is 0 Å². The number of nitrogens with one attached hydrogen (secondary N) is 1. The van der Waals surface area contributed by atoms with Crippen LogP contribution in [0.25, 0.3) is 0 Å². The summed E-state index contributed by atoms with van der Waals surface area (Å²) in [5.41, 5.74) is 6.57. The van der Waals surface area contributed by atoms with Crippen LogP contribution in [-0.4, -0.2) is 37.4 Å². The Hall–Kier alpha value is -1.11. The molecule has 1 amide bonds. The number of nitrogen functional groups attached to an aromatic ring is 1. The van der Waals surface area contributed by atoms with Gasteiger partial charge in [-0.05, 0) is 18.2 Å². The summed E-state index contributed by atoms with van der Waals surface area (Å²) in [6.45, 7) is 0.0782. The Kier molecular flexibility index (Phi) is 5.40. The summed E-state index contributed by atoms with van der Waals surface area (Å²) >= 11 is 3.26. The first-order valence-electron chi connectivity index (χ1n) is 5.03. The number of aliphatic hydroxyl groups excluding tert-OH is 1. The molecule has 0 radical (unpaired) electrons. The maximum atomic E-state index is 11.8. The van der Waals surface area contributed by atoms with Crippen molar-refractivity contribution in [1.82, 2.24) is 5.32 Å². The molecule has 94 valence electrons. The Bertz CT molecular complexity index is 378. The van der Waals surface area contributed by atoms with Gasteiger partial charge in [-0.2, -0.15) is 0 Å². The van der Waals surface area contributed by atoms with Gasteiger partial charge in [0, 0.05) is 22.8 Å². The summed E-state index contributed by atoms with van der Waals surface area (Å²) in [6, 6.07) is 4.51. The maximum absolute atomic E-state index is 11.8. The van der Waals surface area contributed by atoms with Crippen LogP contribution >= 0.6 is 15.9 Å². The average Bonchev–Trinajstić information content (AvgIpc) is 2.27. The predicted octanol–water partition coefficient (Wildman–Crippen LogP) is 0.768. The van der Waals surface area contributed by atoms with E-state index < -0.39 is 6.04 Å². The molecular weight excluding hydrogens is 288 g/mol. The van der Waals surface area contributed by atoms with E-state index in [1.807, 2.05) is 0 Å². The number of methoxy groups -OCH3 is 1. The number of nitrogens with two attached hydrogens (primary N) is 1. The van der Waals surface area contributed by atoms with Crippen LogP contribution in [0.4, 0.5) is 5.69 Å². The first kappa shape index (κ1) is 14.0. The van der Waals surface area contributed by atoms with Crippen LogP contribution in [0.15, 0.2) is 22.7 Å². The number of rotatable bonds is 5. The SMILES string of the molecule is COCC(CO)NC(=O)c1cc(N)cc(Br)c1. The second-order valence-electron chi connectivity index (χ2n) is 3.58. The summed E-state index contributed by atoms with van der Waals surface area (Å²) in [5, 5.41) is 11.7. The van der Waals surface area contributed by atoms with Gasteiger partial charge in [-0.25, -0.2) is 0 Å². The van der Waals surface area contributed by atoms with Gasteiger partial charge < -0.3 is 20.9 Å². The van der Waals surface area contributed by atoms with Gasteiger partial charge >= 0.3 is 0 Å². The summed E-state index contributed by atoms with van der Waals surface area (Å²) in [7, 11) is 1.51. The van der Waals surface area contributed by atoms with Gasteiger partial charge in [-0.3, -0.25) is 4.79 Å². The number of amides is 1. The monoisotopic (exact) mass is 302 g/mol. The minimum Gasteiger partial charge on any atom is -0.399 e. The molecule has 1 atom stereocenters. The van der Waals surface area contributed by atoms with Crippen LogP contribution in [0.1, 0.15) is 10.4 Å². The molecule has 1 aromatic carbocycles. The number of halogens is 1. The third-order valence-corrected chi connectivity index (χ3v) is 2.56. The highest BCUT2D eigenvalue weighted by Crippen LogP contribution is 2.17. The zero-order valence-electron chi connectivity index (χ0n) is 9.44. The lowest BCUT2D eigenvalue weighted by molar-refractivity contribution is 0.0839. The third kappa shape index (κ3) is 4.33. The highest BCUT2D eigenvalue weighted by molar-refractivity contribution is 9.10. The molecule has 0 heterocycles. The zero-order valence-corrected chi connectivity index (χ0v) is 11.0. The van der Waals surface area contributed by atoms with Crippen molar-refractivity contribution in [3.8, 4) is 0 Å². The van der Waals surface area contributed by atoms with Gasteiger partial charge in [0.2, 0.25) is 0 Å². The maximum Gasteiger partial charge on any atom is 0.251 e. The van der Waals surface area contributed by atoms with E-state index in [0.717, 1.165) is 4.47 Å². The van der Waals surface area contributed by atoms with E-state index in [9.17, 15) is 4.79 Å². The van der Waals surface area contributed by atoms with Crippen molar-refractivity contribution < 1.29 is 14.6 Å². The Morgan fingerprint density at radius 2 is 2.29 bits per heavy atom. The largest absolute Gasteiger partial charge is 0.399 e. The molecule has 0 aliphatic heterocycles. The molecule has 0 spiro atoms. The molecule has 0 aromatic heterocycles. The predicted molar refractivity (Wildman–Crippen MR) is 68.8 cm³/mol. The normalized spacial score (nSPS) is 12.2. The molecule has 0 saturated heterocycles. The van der Waals surface area contributed by atoms with Gasteiger partial charge in [-0.15, -0.1) is 0 Å². The van der Waals surface area contributed by atoms with Gasteiger partial charge in [0.05, 0.1) is 19.3 Å². The molecule has 0 fully saturated rings. The Labute approximate surface area is 108 Å². The molecule has 0 aliphatic rings. The average molecular weight is 303 g/mol. The summed E-state index contributed by atoms with van der Waals surface area (Å²) in [6.07, 6.45) is 0. The molecule has 6 heteroatoms. The molecule has 0 aliphatic carbocycles. The van der Waals surface area contributed by atoms with Crippen molar-refractivity contribution >= 4 is 27.5 Å². The minimum absolute atomic E-state index is 0.178. The van der Waals surface area contributed by atoms with E-state index in [-0.39, 0.29) is 19.1 Å². The van der Waals surface area contributed by atoms with Crippen molar-refractivity contribution in [2.45, 2.75) is 6.04 Å². The topological polar surface area (TPSA) is 84.6 Å². The summed E-state index contributed by atoms with van der Waals surface area (Å²) in [5.74, 6) is -0.297. The van der Waals surface area contributed by atoms with E-state index in [4.69, 9.17) is 15.6 Å². The highest BCUT2D eigenvalue weighted by Gasteiger charge is 2.13. The zero-order chi connectivity index (χ0) is 12.8. The van der Waals surface area contributed by atoms with E-state index >= 15 is 0 Å². The molecule has 5 nitrogen and oxygen atoms in total. The molecule has 0 saturated carbocycles. The summed E-state index contributed by atoms with van der Waals surface area (Å²) < 4.78 is 5.60. The summed E-state index contributed by atoms with van der Waals surface area (Å²) in [4.78, 5) is 11.8. The van der Waals surface area contributed by atoms with Crippen LogP contribution in [-0.2, 0) is 4.74 Å². The van der Waals surface area contributed by atoms with Gasteiger partial charge in [-0.1, -0.05) is 15.9 Å². The lowest BCUT2D eigenvalue weighted by Gasteiger charge is -2.15. The van der Waals surface area contributed by atoms with Crippen LogP contribution in [0, 0.1) is 0 Å². The third-order valence-electron chi connectivity index (χ3n) is 2.11. The molecular formula is C11H15BrN2O3. The second-order valence-corrected chi connectivity index (χ2v) is 4.50. The smallest absolute Gasteiger partial charge is 0.251 e. The van der Waals surface area contributed by atoms with E-state index in [0.29, 0.717) is 11.3 Å². The lowest BCUT2D eigenvalue weighted by atomic mass is 10.2. The second kappa shape index (κ2) is 6.58. The van der Waals surface area contributed by atoms with Crippen molar-refractivity contribution in [2.75, 3.05) is 26.1 Å². The quantitative estimate of drug-likeness (QED) is 0.701. The first-order valence-corrected chi connectivity index (χ1v) is 5.83. The number of carbonyl (C=O) groups excluding carboxylic acids is 1. The van der Waals surface area contributed by atoms with Crippen LogP contribution in [0.2, 0.25) is 0 Å². The van der Waals surface area contributed by atoms with Gasteiger partial charge in [0.25, 0.3) is 5.91 Å². The number of hydrogen-bond donors (Lipinski definition) is 3. The van der Waals surface area contributed by atoms with Gasteiger partial charge in [0.1, 0.15) is 0 Å². The lowest BCUT2D eigenvalue weighted by Crippen LogP contribution is -2.40. The first-order chi connectivity index (χ1) is 8.06. The molecule has 1 aromatic rings. The van der Waals surface area contributed by atoms with E-state index in [1.165, 1.54) is 7.11 Å². The number of ether oxygens (including phenoxy) is 1. The molecule has 0 bridgehead atoms. The fourth-order valence-corrected chi connectivity index (χ4v) is 1.86. The Morgan fingerprint density at radius 1 is 1.59 bits per heavy atom. The molecule has 1 rings (SSSR count). The van der Waals surface area contributed by atoms with Crippen LogP contribution in [0.5, 0.6) is 0 Å². The number of aliphatic hydroxyl groups is 1. The van der Waals surface area contributed by atoms with E-state index in [1.54, 1.807) is 18.2 Å². The van der Waals surface area contributed by atoms with Crippen molar-refractivity contribution in [2.24, 2.45) is 0 Å². The number of benzene rings is 1. The van der Waals surface area contributed by atoms with Crippen molar-refractivity contribution in [3.05, 3.63) is 28.2 Å². The standard InChI is InChI=1S/C11H15BrN2O3/c1-17-6-10(5-15)14-11(16)7-2-8(12)4-9(13)3-7/h2-4,10,15H,5-6,13H2,1H3,(H,14,16). The van der Waals surface area contributed by atoms with E-state index in [2.05, 4.69) is 21.2 Å². The Balaban J connectivity index is 2.75. The van der Waals surface area contributed by atoms with Crippen molar-refractivity contribution in [3.63, 3.8) is 0 Å².